The molecular formula is C47H66O17. The third kappa shape index (κ3) is 13.5. The third-order valence-electron chi connectivity index (χ3n) is 11.7. The third-order valence-corrected chi connectivity index (χ3v) is 11.7. The van der Waals surface area contributed by atoms with Gasteiger partial charge >= 0.3 is 5.97 Å². The number of aliphatic hydroxyl groups is 5. The van der Waals surface area contributed by atoms with Crippen molar-refractivity contribution in [3.63, 3.8) is 0 Å². The van der Waals surface area contributed by atoms with Crippen LogP contribution in [0.3, 0.4) is 0 Å². The number of aromatic hydroxyl groups is 4. The molecule has 1 aromatic heterocycles. The lowest BCUT2D eigenvalue weighted by molar-refractivity contribution is -0.319. The van der Waals surface area contributed by atoms with Crippen LogP contribution in [0.1, 0.15) is 117 Å². The van der Waals surface area contributed by atoms with Crippen molar-refractivity contribution in [2.45, 2.75) is 178 Å². The minimum atomic E-state index is -1.99. The Hall–Kier alpha value is -4.46. The van der Waals surface area contributed by atoms with Gasteiger partial charge in [-0.05, 0) is 57.2 Å². The lowest BCUT2D eigenvalue weighted by atomic mass is 9.98. The molecule has 10 unspecified atom stereocenters. The van der Waals surface area contributed by atoms with Gasteiger partial charge in [-0.3, -0.25) is 9.59 Å². The second-order valence-electron chi connectivity index (χ2n) is 16.8. The van der Waals surface area contributed by atoms with Crippen LogP contribution in [0.4, 0.5) is 0 Å². The number of phenolic OH excluding ortho intramolecular Hbond substituents is 4. The van der Waals surface area contributed by atoms with Crippen LogP contribution in [0.5, 0.6) is 28.7 Å². The Morgan fingerprint density at radius 1 is 0.688 bits per heavy atom. The van der Waals surface area contributed by atoms with Crippen molar-refractivity contribution in [1.82, 2.24) is 0 Å². The largest absolute Gasteiger partial charge is 0.508 e. The van der Waals surface area contributed by atoms with Gasteiger partial charge in [-0.1, -0.05) is 83.3 Å². The van der Waals surface area contributed by atoms with Gasteiger partial charge < -0.3 is 74.1 Å². The molecule has 17 heteroatoms. The first-order chi connectivity index (χ1) is 30.7. The number of phenols is 4. The summed E-state index contributed by atoms with van der Waals surface area (Å²) in [4.78, 5) is 26.5. The Kier molecular flexibility index (Phi) is 19.5. The van der Waals surface area contributed by atoms with E-state index in [1.165, 1.54) is 70.8 Å². The van der Waals surface area contributed by atoms with Gasteiger partial charge in [-0.25, -0.2) is 0 Å². The van der Waals surface area contributed by atoms with Crippen LogP contribution in [0.15, 0.2) is 51.7 Å². The summed E-state index contributed by atoms with van der Waals surface area (Å²) in [5, 5.41) is 94.5. The summed E-state index contributed by atoms with van der Waals surface area (Å²) in [6.45, 7) is 3.13. The first-order valence-electron chi connectivity index (χ1n) is 22.6. The molecule has 3 aromatic rings. The lowest BCUT2D eigenvalue weighted by Crippen LogP contribution is -2.62. The molecule has 2 saturated heterocycles. The number of fused-ring (bicyclic) bond motifs is 1. The molecular weight excluding hydrogens is 837 g/mol. The molecule has 0 bridgehead atoms. The number of carbonyl (C=O) groups is 1. The first-order valence-corrected chi connectivity index (χ1v) is 22.6. The highest BCUT2D eigenvalue weighted by Crippen LogP contribution is 2.39. The Balaban J connectivity index is 1.08. The number of hydrogen-bond donors (Lipinski definition) is 9. The number of allylic oxidation sites excluding steroid dienone is 2. The summed E-state index contributed by atoms with van der Waals surface area (Å²) >= 11 is 0. The molecule has 0 spiro atoms. The van der Waals surface area contributed by atoms with Gasteiger partial charge in [0.25, 0.3) is 0 Å². The van der Waals surface area contributed by atoms with Gasteiger partial charge in [0.1, 0.15) is 59.1 Å². The number of aliphatic hydroxyl groups excluding tert-OH is 5. The van der Waals surface area contributed by atoms with Crippen LogP contribution in [0.2, 0.25) is 0 Å². The van der Waals surface area contributed by atoms with Gasteiger partial charge in [0, 0.05) is 24.1 Å². The molecule has 2 fully saturated rings. The van der Waals surface area contributed by atoms with Crippen molar-refractivity contribution in [1.29, 1.82) is 0 Å². The molecule has 2 aliphatic heterocycles. The number of carbonyl (C=O) groups excluding carboxylic acids is 1. The zero-order valence-electron chi connectivity index (χ0n) is 36.6. The van der Waals surface area contributed by atoms with E-state index in [1.54, 1.807) is 0 Å². The summed E-state index contributed by atoms with van der Waals surface area (Å²) < 4.78 is 34.3. The highest BCUT2D eigenvalue weighted by Gasteiger charge is 2.49. The summed E-state index contributed by atoms with van der Waals surface area (Å²) in [7, 11) is 0. The smallest absolute Gasteiger partial charge is 0.306 e. The Morgan fingerprint density at radius 3 is 1.97 bits per heavy atom. The van der Waals surface area contributed by atoms with Gasteiger partial charge in [-0.2, -0.15) is 0 Å². The molecule has 17 nitrogen and oxygen atoms in total. The van der Waals surface area contributed by atoms with E-state index in [0.29, 0.717) is 6.42 Å². The topological polar surface area (TPSA) is 275 Å². The van der Waals surface area contributed by atoms with Crippen LogP contribution in [0.25, 0.3) is 22.3 Å². The van der Waals surface area contributed by atoms with Crippen LogP contribution >= 0.6 is 0 Å². The molecule has 9 N–H and O–H groups in total. The van der Waals surface area contributed by atoms with Crippen LogP contribution in [-0.4, -0.2) is 120 Å². The summed E-state index contributed by atoms with van der Waals surface area (Å²) in [5.41, 5.74) is -1.36. The molecule has 10 atom stereocenters. The molecule has 0 aliphatic carbocycles. The maximum atomic E-state index is 13.8. The van der Waals surface area contributed by atoms with E-state index in [0.717, 1.165) is 56.4 Å². The second-order valence-corrected chi connectivity index (χ2v) is 16.8. The predicted molar refractivity (Wildman–Crippen MR) is 233 cm³/mol. The highest BCUT2D eigenvalue weighted by molar-refractivity contribution is 5.88. The van der Waals surface area contributed by atoms with E-state index < -0.39 is 119 Å². The normalized spacial score (nSPS) is 26.1. The fourth-order valence-electron chi connectivity index (χ4n) is 7.90. The number of ether oxygens (including phenoxy) is 5. The van der Waals surface area contributed by atoms with Gasteiger partial charge in [0.15, 0.2) is 29.7 Å². The molecule has 2 aliphatic rings. The van der Waals surface area contributed by atoms with Crippen molar-refractivity contribution >= 4 is 16.9 Å². The zero-order valence-corrected chi connectivity index (χ0v) is 36.6. The van der Waals surface area contributed by atoms with Crippen LogP contribution in [0, 0.1) is 0 Å². The Labute approximate surface area is 372 Å². The van der Waals surface area contributed by atoms with Crippen molar-refractivity contribution in [3.05, 3.63) is 52.7 Å². The van der Waals surface area contributed by atoms with Gasteiger partial charge in [-0.15, -0.1) is 0 Å². The van der Waals surface area contributed by atoms with Crippen molar-refractivity contribution in [2.75, 3.05) is 6.61 Å². The lowest BCUT2D eigenvalue weighted by Gasteiger charge is -2.43. The number of rotatable bonds is 24. The summed E-state index contributed by atoms with van der Waals surface area (Å²) in [6.07, 6.45) is 5.72. The SMILES string of the molecule is CCCCCCCC/C=C\CCCCCCCCCC(=O)OC1C(C)OC(OCC2OC(Oc3c(-c4ccc(O)c(O)c4)oc4cc(O)cc(O)c4c3=O)C(O)C(O)C2O)C(O)C1O. The molecule has 3 heterocycles. The number of esters is 1. The van der Waals surface area contributed by atoms with Crippen LogP contribution in [-0.2, 0) is 23.7 Å². The number of unbranched alkanes of at least 4 members (excludes halogenated alkanes) is 13. The van der Waals surface area contributed by atoms with Crippen molar-refractivity contribution < 1.29 is 78.9 Å². The van der Waals surface area contributed by atoms with E-state index in [-0.39, 0.29) is 17.6 Å². The maximum absolute atomic E-state index is 13.8. The van der Waals surface area contributed by atoms with Crippen LogP contribution < -0.4 is 10.2 Å². The average Bonchev–Trinajstić information content (AvgIpc) is 3.26. The van der Waals surface area contributed by atoms with E-state index in [2.05, 4.69) is 19.1 Å². The Morgan fingerprint density at radius 2 is 1.31 bits per heavy atom. The molecule has 5 rings (SSSR count). The van der Waals surface area contributed by atoms with E-state index >= 15 is 0 Å². The summed E-state index contributed by atoms with van der Waals surface area (Å²) in [6, 6.07) is 5.28. The molecule has 0 amide bonds. The van der Waals surface area contributed by atoms with Crippen molar-refractivity contribution in [2.24, 2.45) is 0 Å². The monoisotopic (exact) mass is 902 g/mol. The Bertz CT molecular complexity index is 2020. The molecule has 2 aromatic carbocycles. The number of hydrogen-bond acceptors (Lipinski definition) is 17. The fraction of sp³-hybridized carbons (Fsp3) is 0.617. The molecule has 356 valence electrons. The standard InChI is InChI=1S/C47H66O17/c1-3-4-5-6-7-8-9-10-11-12-13-14-15-16-17-18-19-20-35(52)63-43-27(2)60-46(42(58)40(43)56)59-26-34-37(53)39(55)41(57)47(62-34)64-45-38(54)36-32(51)24-29(48)25-33(36)61-44(45)28-21-22-30(49)31(50)23-28/h10-11,21-25,27,34,37,39-43,46-51,53,55-58H,3-9,12-20,26H2,1-2H3/b11-10-. The maximum Gasteiger partial charge on any atom is 0.306 e. The minimum absolute atomic E-state index is 0.0354. The number of benzene rings is 2. The van der Waals surface area contributed by atoms with E-state index in [4.69, 9.17) is 28.1 Å². The molecule has 0 radical (unpaired) electrons. The average molecular weight is 903 g/mol. The quantitative estimate of drug-likeness (QED) is 0.0226. The highest BCUT2D eigenvalue weighted by atomic mass is 16.7. The summed E-state index contributed by atoms with van der Waals surface area (Å²) in [5.74, 6) is -3.90. The predicted octanol–water partition coefficient (Wildman–Crippen LogP) is 5.68. The van der Waals surface area contributed by atoms with Crippen molar-refractivity contribution in [3.8, 4) is 40.1 Å². The van der Waals surface area contributed by atoms with Gasteiger partial charge in [0.05, 0.1) is 12.7 Å². The van der Waals surface area contributed by atoms with Gasteiger partial charge in [0.2, 0.25) is 17.5 Å². The molecule has 64 heavy (non-hydrogen) atoms. The minimum Gasteiger partial charge on any atom is -0.508 e. The first kappa shape index (κ1) is 50.5. The fourth-order valence-corrected chi connectivity index (χ4v) is 7.90. The second kappa shape index (κ2) is 24.7. The van der Waals surface area contributed by atoms with E-state index in [9.17, 15) is 55.5 Å². The zero-order chi connectivity index (χ0) is 46.3. The van der Waals surface area contributed by atoms with E-state index in [1.807, 2.05) is 0 Å². The molecule has 0 saturated carbocycles.